The largest absolute Gasteiger partial charge is 0.481 e. The molecule has 0 aliphatic carbocycles. The summed E-state index contributed by atoms with van der Waals surface area (Å²) in [4.78, 5) is 40.2. The number of anilines is 3. The zero-order valence-electron chi connectivity index (χ0n) is 25.0. The number of fused-ring (bicyclic) bond motifs is 2. The van der Waals surface area contributed by atoms with E-state index in [4.69, 9.17) is 17.0 Å². The highest BCUT2D eigenvalue weighted by atomic mass is 32.1. The number of aromatic nitrogens is 4. The Morgan fingerprint density at radius 1 is 1.12 bits per heavy atom. The first-order chi connectivity index (χ1) is 23.4. The number of ether oxygens (including phenoxy) is 1. The first-order valence-electron chi connectivity index (χ1n) is 14.6. The topological polar surface area (TPSA) is 164 Å². The molecule has 236 valence electrons. The van der Waals surface area contributed by atoms with Crippen molar-refractivity contribution < 1.29 is 19.4 Å². The standard InChI is InChI=1S/C34H24N8O4S2/c1-36-29-27(40-41-30(29)35)20-8-4-9-21(17-20)46-16-6-13-26-28(32(44)45)38-34(48-26)42-15-14-19-7-5-10-22(23(19)18-42)31(43)39-33-37-24-11-2-3-12-25(24)47-33/h2-5,7-12,17H,14-16,18H2,(H,44,45)(H3,35,40,41)(H,37,39,43). The van der Waals surface area contributed by atoms with Crippen molar-refractivity contribution in [2.24, 2.45) is 0 Å². The summed E-state index contributed by atoms with van der Waals surface area (Å²) in [6.45, 7) is 8.33. The van der Waals surface area contributed by atoms with Gasteiger partial charge in [-0.3, -0.25) is 15.2 Å². The zero-order chi connectivity index (χ0) is 33.2. The Morgan fingerprint density at radius 3 is 2.81 bits per heavy atom. The van der Waals surface area contributed by atoms with Gasteiger partial charge >= 0.3 is 5.97 Å². The molecule has 7 rings (SSSR count). The van der Waals surface area contributed by atoms with Crippen LogP contribution in [0.5, 0.6) is 5.75 Å². The number of aromatic carboxylic acids is 1. The summed E-state index contributed by atoms with van der Waals surface area (Å²) in [5, 5.41) is 20.5. The molecule has 0 bridgehead atoms. The van der Waals surface area contributed by atoms with E-state index in [1.54, 1.807) is 30.3 Å². The van der Waals surface area contributed by atoms with Crippen LogP contribution in [0, 0.1) is 18.4 Å². The molecular formula is C34H24N8O4S2. The highest BCUT2D eigenvalue weighted by Gasteiger charge is 2.26. The number of carbonyl (C=O) groups excluding carboxylic acids is 1. The number of amides is 1. The van der Waals surface area contributed by atoms with Crippen molar-refractivity contribution in [2.45, 2.75) is 13.0 Å². The van der Waals surface area contributed by atoms with Crippen LogP contribution in [-0.2, 0) is 13.0 Å². The number of nitrogens with zero attached hydrogens (tertiary/aromatic N) is 5. The molecule has 0 radical (unpaired) electrons. The van der Waals surface area contributed by atoms with Gasteiger partial charge in [0.1, 0.15) is 17.2 Å². The van der Waals surface area contributed by atoms with Crippen LogP contribution in [0.1, 0.15) is 36.9 Å². The number of hydrogen-bond donors (Lipinski definition) is 4. The van der Waals surface area contributed by atoms with Crippen molar-refractivity contribution >= 4 is 66.5 Å². The molecule has 0 saturated carbocycles. The third-order valence-corrected chi connectivity index (χ3v) is 9.62. The van der Waals surface area contributed by atoms with Crippen molar-refractivity contribution in [1.29, 1.82) is 0 Å². The third kappa shape index (κ3) is 6.01. The molecule has 0 fully saturated rings. The molecule has 48 heavy (non-hydrogen) atoms. The summed E-state index contributed by atoms with van der Waals surface area (Å²) in [6.07, 6.45) is 0.663. The molecule has 6 aromatic rings. The fourth-order valence-corrected chi connectivity index (χ4v) is 7.18. The molecule has 12 nitrogen and oxygen atoms in total. The van der Waals surface area contributed by atoms with Crippen LogP contribution in [0.3, 0.4) is 0 Å². The van der Waals surface area contributed by atoms with Crippen LogP contribution in [0.15, 0.2) is 66.7 Å². The Morgan fingerprint density at radius 2 is 1.98 bits per heavy atom. The monoisotopic (exact) mass is 672 g/mol. The summed E-state index contributed by atoms with van der Waals surface area (Å²) >= 11 is 2.60. The van der Waals surface area contributed by atoms with Crippen LogP contribution in [0.2, 0.25) is 0 Å². The van der Waals surface area contributed by atoms with E-state index in [-0.39, 0.29) is 29.7 Å². The maximum absolute atomic E-state index is 13.4. The molecule has 0 atom stereocenters. The van der Waals surface area contributed by atoms with Crippen molar-refractivity contribution in [3.63, 3.8) is 0 Å². The second-order valence-electron chi connectivity index (χ2n) is 10.6. The molecule has 14 heteroatoms. The summed E-state index contributed by atoms with van der Waals surface area (Å²) < 4.78 is 6.78. The average molecular weight is 673 g/mol. The lowest BCUT2D eigenvalue weighted by Gasteiger charge is -2.29. The van der Waals surface area contributed by atoms with E-state index < -0.39 is 5.97 Å². The molecule has 1 aliphatic rings. The van der Waals surface area contributed by atoms with Gasteiger partial charge in [-0.1, -0.05) is 65.0 Å². The molecule has 0 saturated heterocycles. The number of thiazole rings is 2. The van der Waals surface area contributed by atoms with E-state index in [9.17, 15) is 14.7 Å². The number of nitrogens with two attached hydrogens (primary N) is 1. The van der Waals surface area contributed by atoms with E-state index in [0.717, 1.165) is 21.3 Å². The van der Waals surface area contributed by atoms with Crippen LogP contribution < -0.4 is 20.7 Å². The highest BCUT2D eigenvalue weighted by Crippen LogP contribution is 2.35. The predicted octanol–water partition coefficient (Wildman–Crippen LogP) is 6.22. The minimum absolute atomic E-state index is 0.0131. The number of aromatic amines is 1. The fourth-order valence-electron chi connectivity index (χ4n) is 5.36. The quantitative estimate of drug-likeness (QED) is 0.114. The first kappa shape index (κ1) is 30.4. The molecule has 0 unspecified atom stereocenters. The zero-order valence-corrected chi connectivity index (χ0v) is 26.6. The number of hydrogen-bond acceptors (Lipinski definition) is 10. The Bertz CT molecular complexity index is 2290. The fraction of sp³-hybridized carbons (Fsp3) is 0.118. The number of H-pyrrole nitrogens is 1. The Balaban J connectivity index is 1.06. The smallest absolute Gasteiger partial charge is 0.356 e. The van der Waals surface area contributed by atoms with Gasteiger partial charge in [0.05, 0.1) is 22.5 Å². The Kier molecular flexibility index (Phi) is 8.17. The Hall–Kier alpha value is -6.22. The van der Waals surface area contributed by atoms with Gasteiger partial charge in [0, 0.05) is 18.7 Å². The van der Waals surface area contributed by atoms with Gasteiger partial charge in [-0.2, -0.15) is 5.10 Å². The van der Waals surface area contributed by atoms with E-state index >= 15 is 0 Å². The number of nitrogen functional groups attached to an aromatic ring is 1. The van der Waals surface area contributed by atoms with Gasteiger partial charge in [-0.05, 0) is 59.4 Å². The number of nitrogens with one attached hydrogen (secondary N) is 2. The van der Waals surface area contributed by atoms with Crippen LogP contribution in [-0.4, -0.2) is 50.3 Å². The maximum atomic E-state index is 13.4. The molecular weight excluding hydrogens is 649 g/mol. The lowest BCUT2D eigenvalue weighted by atomic mass is 9.94. The minimum Gasteiger partial charge on any atom is -0.481 e. The molecule has 5 N–H and O–H groups in total. The van der Waals surface area contributed by atoms with Gasteiger partial charge in [-0.15, -0.1) is 0 Å². The molecule has 3 aromatic heterocycles. The van der Waals surface area contributed by atoms with Crippen molar-refractivity contribution in [3.8, 4) is 28.8 Å². The van der Waals surface area contributed by atoms with Crippen molar-refractivity contribution in [1.82, 2.24) is 20.2 Å². The normalized spacial score (nSPS) is 12.1. The van der Waals surface area contributed by atoms with Crippen LogP contribution in [0.25, 0.3) is 26.3 Å². The molecule has 4 heterocycles. The van der Waals surface area contributed by atoms with Gasteiger partial charge in [0.25, 0.3) is 11.6 Å². The number of benzene rings is 3. The summed E-state index contributed by atoms with van der Waals surface area (Å²) in [6, 6.07) is 20.4. The molecule has 1 aliphatic heterocycles. The third-order valence-electron chi connectivity index (χ3n) is 7.64. The van der Waals surface area contributed by atoms with Gasteiger partial charge in [0.2, 0.25) is 0 Å². The number of carboxylic acids is 1. The van der Waals surface area contributed by atoms with Gasteiger partial charge < -0.3 is 20.5 Å². The predicted molar refractivity (Wildman–Crippen MR) is 185 cm³/mol. The van der Waals surface area contributed by atoms with E-state index in [1.165, 1.54) is 22.7 Å². The van der Waals surface area contributed by atoms with Crippen LogP contribution >= 0.6 is 22.7 Å². The average Bonchev–Trinajstić information content (AvgIpc) is 3.82. The number of carboxylic acid groups (broad SMARTS) is 1. The first-order valence-corrected chi connectivity index (χ1v) is 16.2. The summed E-state index contributed by atoms with van der Waals surface area (Å²) in [5.41, 5.74) is 10.3. The molecule has 3 aromatic carbocycles. The van der Waals surface area contributed by atoms with Crippen molar-refractivity contribution in [3.05, 3.63) is 105 Å². The number of para-hydroxylation sites is 1. The summed E-state index contributed by atoms with van der Waals surface area (Å²) in [7, 11) is 0. The minimum atomic E-state index is -1.18. The lowest BCUT2D eigenvalue weighted by molar-refractivity contribution is 0.0691. The number of carbonyl (C=O) groups is 2. The van der Waals surface area contributed by atoms with E-state index in [1.807, 2.05) is 41.3 Å². The second-order valence-corrected chi connectivity index (χ2v) is 12.6. The maximum Gasteiger partial charge on any atom is 0.356 e. The van der Waals surface area contributed by atoms with Crippen molar-refractivity contribution in [2.75, 3.05) is 29.1 Å². The molecule has 1 amide bonds. The number of rotatable bonds is 7. The van der Waals surface area contributed by atoms with E-state index in [2.05, 4.69) is 42.2 Å². The van der Waals surface area contributed by atoms with Gasteiger partial charge in [0.15, 0.2) is 21.8 Å². The Labute approximate surface area is 281 Å². The van der Waals surface area contributed by atoms with Gasteiger partial charge in [-0.25, -0.2) is 19.6 Å². The summed E-state index contributed by atoms with van der Waals surface area (Å²) in [5.74, 6) is 4.99. The van der Waals surface area contributed by atoms with Crippen LogP contribution in [0.4, 0.5) is 21.8 Å². The second kappa shape index (κ2) is 12.9. The molecule has 0 spiro atoms. The SMILES string of the molecule is [C-]#[N+]c1c(N)n[nH]c1-c1cccc(OCC#Cc2sc(N3CCc4cccc(C(=O)Nc5nc6ccccc6s5)c4C3)nc2C(=O)O)c1. The lowest BCUT2D eigenvalue weighted by Crippen LogP contribution is -2.32. The highest BCUT2D eigenvalue weighted by molar-refractivity contribution is 7.22. The van der Waals surface area contributed by atoms with E-state index in [0.29, 0.717) is 57.2 Å².